The van der Waals surface area contributed by atoms with Gasteiger partial charge in [0.15, 0.2) is 9.84 Å². The SMILES string of the molecule is C[C@@H](NC(=O)OC(C)(C)C)[C@@H](CN[C@]12CC[C@@H](C3(C)CC3)[C@@H]1[C@H]1CC[C@@H]3[C@@]4(C)CC[C@H](OC(=O)[C@H]5C[C@@H](C(=O)O)C5(C)C)C(C)(C)[C@@H]4CC[C@@]3(C)[C@]1(C)CC2)N1CCS(=O)(=O)CC1. The van der Waals surface area contributed by atoms with Crippen LogP contribution in [0.15, 0.2) is 0 Å². The number of carboxylic acid groups (broad SMARTS) is 1. The van der Waals surface area contributed by atoms with Crippen LogP contribution in [0.1, 0.15) is 167 Å². The van der Waals surface area contributed by atoms with Crippen molar-refractivity contribution in [3.8, 4) is 0 Å². The first-order chi connectivity index (χ1) is 29.0. The normalized spacial score (nSPS) is 44.2. The van der Waals surface area contributed by atoms with Crippen LogP contribution < -0.4 is 10.6 Å². The maximum absolute atomic E-state index is 13.7. The number of esters is 1. The molecule has 14 atom stereocenters. The van der Waals surface area contributed by atoms with E-state index in [1.54, 1.807) is 0 Å². The van der Waals surface area contributed by atoms with Gasteiger partial charge in [-0.05, 0) is 168 Å². The van der Waals surface area contributed by atoms with Crippen LogP contribution in [0.25, 0.3) is 0 Å². The van der Waals surface area contributed by atoms with Crippen LogP contribution in [-0.4, -0.2) is 96.9 Å². The van der Waals surface area contributed by atoms with Crippen molar-refractivity contribution in [1.29, 1.82) is 0 Å². The summed E-state index contributed by atoms with van der Waals surface area (Å²) >= 11 is 0. The standard InChI is InChI=1S/C51H85N3O8S/c1-31(53-43(58)62-44(2,3)4)36(54-25-27-63(59,60)28-26-54)30-52-51-20-15-32(47(9)21-22-47)40(51)33-13-14-38-48(10)18-17-39(61-42(57)35-29-34(41(55)56)45(35,5)6)46(7,8)37(48)16-19-50(38,12)49(33,11)23-24-51/h31-40,52H,13-30H2,1-12H3,(H,53,58)(H,55,56)/t31-,32-,33-,34+,35-,36-,37+,38-,39+,40-,48+,49-,50-,51+/m1/s1. The highest BCUT2D eigenvalue weighted by Crippen LogP contribution is 2.78. The molecule has 0 spiro atoms. The lowest BCUT2D eigenvalue weighted by molar-refractivity contribution is -0.250. The highest BCUT2D eigenvalue weighted by Gasteiger charge is 2.72. The molecule has 7 saturated carbocycles. The Bertz CT molecular complexity index is 1910. The number of ether oxygens (including phenoxy) is 2. The van der Waals surface area contributed by atoms with Gasteiger partial charge < -0.3 is 25.2 Å². The number of nitrogens with one attached hydrogen (secondary N) is 2. The Hall–Kier alpha value is -1.92. The molecule has 1 saturated heterocycles. The summed E-state index contributed by atoms with van der Waals surface area (Å²) in [6, 6.07) is -0.312. The summed E-state index contributed by atoms with van der Waals surface area (Å²) in [6.07, 6.45) is 13.8. The molecule has 0 bridgehead atoms. The summed E-state index contributed by atoms with van der Waals surface area (Å²) in [6.45, 7) is 28.4. The molecule has 0 unspecified atom stereocenters. The highest BCUT2D eigenvalue weighted by molar-refractivity contribution is 7.91. The van der Waals surface area contributed by atoms with Gasteiger partial charge in [-0.1, -0.05) is 55.4 Å². The minimum atomic E-state index is -3.07. The van der Waals surface area contributed by atoms with Gasteiger partial charge in [-0.15, -0.1) is 0 Å². The Morgan fingerprint density at radius 3 is 2.03 bits per heavy atom. The number of aliphatic carboxylic acids is 1. The summed E-state index contributed by atoms with van der Waals surface area (Å²) in [5.74, 6) is 1.25. The van der Waals surface area contributed by atoms with Gasteiger partial charge in [0.1, 0.15) is 11.7 Å². The Labute approximate surface area is 380 Å². The van der Waals surface area contributed by atoms with Gasteiger partial charge in [0.05, 0.1) is 23.3 Å². The molecule has 8 fully saturated rings. The number of amides is 1. The zero-order valence-corrected chi connectivity index (χ0v) is 42.0. The van der Waals surface area contributed by atoms with Gasteiger partial charge in [-0.2, -0.15) is 0 Å². The average molecular weight is 900 g/mol. The van der Waals surface area contributed by atoms with E-state index in [-0.39, 0.29) is 68.8 Å². The van der Waals surface area contributed by atoms with E-state index < -0.39 is 38.8 Å². The van der Waals surface area contributed by atoms with E-state index in [9.17, 15) is 27.9 Å². The average Bonchev–Trinajstić information content (AvgIpc) is 3.78. The predicted molar refractivity (Wildman–Crippen MR) is 246 cm³/mol. The maximum Gasteiger partial charge on any atom is 0.407 e. The molecule has 11 nitrogen and oxygen atoms in total. The number of fused-ring (bicyclic) bond motifs is 7. The van der Waals surface area contributed by atoms with Crippen LogP contribution in [0.4, 0.5) is 4.79 Å². The molecule has 8 aliphatic rings. The molecule has 8 rings (SSSR count). The van der Waals surface area contributed by atoms with Gasteiger partial charge in [0, 0.05) is 42.7 Å². The summed E-state index contributed by atoms with van der Waals surface area (Å²) in [5.41, 5.74) is -0.511. The van der Waals surface area contributed by atoms with Crippen molar-refractivity contribution >= 4 is 27.9 Å². The molecule has 0 aromatic heterocycles. The number of sulfone groups is 1. The number of carbonyl (C=O) groups is 3. The Kier molecular flexibility index (Phi) is 11.8. The van der Waals surface area contributed by atoms with Crippen molar-refractivity contribution < 1.29 is 37.4 Å². The van der Waals surface area contributed by atoms with Crippen LogP contribution in [0.2, 0.25) is 0 Å². The van der Waals surface area contributed by atoms with E-state index in [2.05, 4.69) is 64.0 Å². The number of alkyl carbamates (subject to hydrolysis) is 1. The van der Waals surface area contributed by atoms with Crippen LogP contribution in [0, 0.1) is 73.9 Å². The predicted octanol–water partition coefficient (Wildman–Crippen LogP) is 8.88. The number of carbonyl (C=O) groups excluding carboxylic acids is 2. The fourth-order valence-electron chi connectivity index (χ4n) is 17.0. The fourth-order valence-corrected chi connectivity index (χ4v) is 18.2. The van der Waals surface area contributed by atoms with E-state index >= 15 is 0 Å². The number of nitrogens with zero attached hydrogens (tertiary/aromatic N) is 1. The highest BCUT2D eigenvalue weighted by atomic mass is 32.2. The Morgan fingerprint density at radius 2 is 1.43 bits per heavy atom. The lowest BCUT2D eigenvalue weighted by atomic mass is 9.32. The molecule has 358 valence electrons. The monoisotopic (exact) mass is 900 g/mol. The Morgan fingerprint density at radius 1 is 0.762 bits per heavy atom. The first kappa shape index (κ1) is 47.6. The topological polar surface area (TPSA) is 151 Å². The summed E-state index contributed by atoms with van der Waals surface area (Å²) < 4.78 is 37.4. The van der Waals surface area contributed by atoms with Crippen molar-refractivity contribution in [2.24, 2.45) is 73.9 Å². The number of hydrogen-bond donors (Lipinski definition) is 3. The smallest absolute Gasteiger partial charge is 0.407 e. The molecule has 1 aliphatic heterocycles. The molecule has 12 heteroatoms. The second-order valence-corrected chi connectivity index (χ2v) is 28.3. The molecular formula is C51H85N3O8S. The second kappa shape index (κ2) is 15.6. The van der Waals surface area contributed by atoms with Crippen molar-refractivity contribution in [2.75, 3.05) is 31.1 Å². The zero-order valence-electron chi connectivity index (χ0n) is 41.2. The number of carboxylic acids is 1. The molecule has 0 aromatic rings. The lowest BCUT2D eigenvalue weighted by Gasteiger charge is -2.73. The van der Waals surface area contributed by atoms with Crippen molar-refractivity contribution in [3.05, 3.63) is 0 Å². The molecule has 3 N–H and O–H groups in total. The van der Waals surface area contributed by atoms with E-state index in [4.69, 9.17) is 9.47 Å². The van der Waals surface area contributed by atoms with Crippen LogP contribution in [0.3, 0.4) is 0 Å². The minimum Gasteiger partial charge on any atom is -0.481 e. The maximum atomic E-state index is 13.7. The summed E-state index contributed by atoms with van der Waals surface area (Å²) in [7, 11) is -3.07. The third-order valence-corrected chi connectivity index (χ3v) is 22.9. The lowest BCUT2D eigenvalue weighted by Crippen LogP contribution is -2.69. The van der Waals surface area contributed by atoms with E-state index in [0.717, 1.165) is 25.7 Å². The van der Waals surface area contributed by atoms with Crippen molar-refractivity contribution in [2.45, 2.75) is 196 Å². The largest absolute Gasteiger partial charge is 0.481 e. The minimum absolute atomic E-state index is 0.0000899. The van der Waals surface area contributed by atoms with Gasteiger partial charge in [-0.25, -0.2) is 13.2 Å². The third-order valence-electron chi connectivity index (χ3n) is 21.2. The first-order valence-corrected chi connectivity index (χ1v) is 27.0. The van der Waals surface area contributed by atoms with Gasteiger partial charge in [0.25, 0.3) is 0 Å². The van der Waals surface area contributed by atoms with E-state index in [0.29, 0.717) is 61.1 Å². The second-order valence-electron chi connectivity index (χ2n) is 26.0. The van der Waals surface area contributed by atoms with Crippen LogP contribution >= 0.6 is 0 Å². The van der Waals surface area contributed by atoms with Crippen LogP contribution in [0.5, 0.6) is 0 Å². The number of rotatable bonds is 10. The molecule has 63 heavy (non-hydrogen) atoms. The quantitative estimate of drug-likeness (QED) is 0.182. The van der Waals surface area contributed by atoms with Crippen molar-refractivity contribution in [1.82, 2.24) is 15.5 Å². The third kappa shape index (κ3) is 7.81. The molecular weight excluding hydrogens is 815 g/mol. The zero-order chi connectivity index (χ0) is 46.1. The molecule has 1 heterocycles. The molecule has 0 radical (unpaired) electrons. The first-order valence-electron chi connectivity index (χ1n) is 25.2. The van der Waals surface area contributed by atoms with Crippen molar-refractivity contribution in [3.63, 3.8) is 0 Å². The number of hydrogen-bond acceptors (Lipinski definition) is 9. The van der Waals surface area contributed by atoms with Gasteiger partial charge in [-0.3, -0.25) is 14.5 Å². The summed E-state index contributed by atoms with van der Waals surface area (Å²) in [5, 5.41) is 17.2. The summed E-state index contributed by atoms with van der Waals surface area (Å²) in [4.78, 5) is 41.0. The molecule has 0 aromatic carbocycles. The van der Waals surface area contributed by atoms with Gasteiger partial charge in [0.2, 0.25) is 0 Å². The molecule has 1 amide bonds. The van der Waals surface area contributed by atoms with E-state index in [1.165, 1.54) is 51.4 Å². The van der Waals surface area contributed by atoms with Crippen LogP contribution in [-0.2, 0) is 28.9 Å². The molecule has 7 aliphatic carbocycles. The van der Waals surface area contributed by atoms with Gasteiger partial charge >= 0.3 is 18.0 Å². The fraction of sp³-hybridized carbons (Fsp3) is 0.941. The Balaban J connectivity index is 1.03. The van der Waals surface area contributed by atoms with E-state index in [1.807, 2.05) is 34.6 Å².